The largest absolute Gasteiger partial charge is 0.307 e. The zero-order chi connectivity index (χ0) is 14.0. The molecule has 4 saturated carbocycles. The van der Waals surface area contributed by atoms with Crippen LogP contribution in [-0.4, -0.2) is 6.04 Å². The van der Waals surface area contributed by atoms with Gasteiger partial charge in [-0.05, 0) is 85.8 Å². The van der Waals surface area contributed by atoms with E-state index in [4.69, 9.17) is 0 Å². The van der Waals surface area contributed by atoms with Crippen LogP contribution in [0.15, 0.2) is 18.2 Å². The fourth-order valence-corrected chi connectivity index (χ4v) is 6.21. The van der Waals surface area contributed by atoms with E-state index in [1.807, 2.05) is 6.07 Å². The molecule has 1 N–H and O–H groups in total. The van der Waals surface area contributed by atoms with Gasteiger partial charge in [-0.2, -0.15) is 0 Å². The van der Waals surface area contributed by atoms with Gasteiger partial charge in [0.15, 0.2) is 0 Å². The van der Waals surface area contributed by atoms with Crippen LogP contribution in [-0.2, 0) is 6.42 Å². The van der Waals surface area contributed by atoms with Crippen LogP contribution < -0.4 is 5.32 Å². The highest BCUT2D eigenvalue weighted by Crippen LogP contribution is 2.54. The third-order valence-electron chi connectivity index (χ3n) is 6.83. The lowest BCUT2D eigenvalue weighted by Gasteiger charge is -2.55. The predicted octanol–water partition coefficient (Wildman–Crippen LogP) is 4.23. The van der Waals surface area contributed by atoms with Crippen molar-refractivity contribution in [1.29, 1.82) is 0 Å². The van der Waals surface area contributed by atoms with E-state index >= 15 is 0 Å². The molecule has 6 rings (SSSR count). The van der Waals surface area contributed by atoms with Crippen LogP contribution in [0.1, 0.15) is 55.7 Å². The van der Waals surface area contributed by atoms with Gasteiger partial charge in [0.25, 0.3) is 0 Å². The minimum atomic E-state index is 0.00174. The van der Waals surface area contributed by atoms with E-state index in [9.17, 15) is 4.39 Å². The maximum atomic E-state index is 13.9. The van der Waals surface area contributed by atoms with Crippen molar-refractivity contribution in [2.24, 2.45) is 23.7 Å². The first-order chi connectivity index (χ1) is 10.3. The van der Waals surface area contributed by atoms with Crippen molar-refractivity contribution < 1.29 is 4.39 Å². The maximum Gasteiger partial charge on any atom is 0.126 e. The number of hydrogen-bond acceptors (Lipinski definition) is 1. The van der Waals surface area contributed by atoms with Gasteiger partial charge in [0, 0.05) is 12.1 Å². The molecule has 0 aliphatic heterocycles. The highest BCUT2D eigenvalue weighted by Gasteiger charge is 2.48. The molecule has 4 bridgehead atoms. The number of halogens is 1. The molecule has 4 fully saturated rings. The number of nitrogens with one attached hydrogen (secondary N) is 1. The fraction of sp³-hybridized carbons (Fsp3) is 0.684. The molecule has 1 aromatic carbocycles. The number of hydrogen-bond donors (Lipinski definition) is 1. The van der Waals surface area contributed by atoms with Crippen LogP contribution in [0.5, 0.6) is 0 Å². The summed E-state index contributed by atoms with van der Waals surface area (Å²) in [5, 5.41) is 3.98. The van der Waals surface area contributed by atoms with Crippen molar-refractivity contribution in [2.75, 3.05) is 0 Å². The predicted molar refractivity (Wildman–Crippen MR) is 81.4 cm³/mol. The Balaban J connectivity index is 1.39. The van der Waals surface area contributed by atoms with E-state index in [1.165, 1.54) is 37.7 Å². The Morgan fingerprint density at radius 3 is 2.38 bits per heavy atom. The molecule has 1 unspecified atom stereocenters. The summed E-state index contributed by atoms with van der Waals surface area (Å²) < 4.78 is 13.9. The van der Waals surface area contributed by atoms with E-state index in [1.54, 1.807) is 6.07 Å². The average Bonchev–Trinajstić information content (AvgIpc) is 2.87. The maximum absolute atomic E-state index is 13.9. The fourth-order valence-electron chi connectivity index (χ4n) is 6.21. The second-order valence-corrected chi connectivity index (χ2v) is 8.02. The Kier molecular flexibility index (Phi) is 2.74. The molecule has 0 saturated heterocycles. The molecule has 0 aromatic heterocycles. The Hall–Kier alpha value is -0.890. The molecule has 1 atom stereocenters. The zero-order valence-corrected chi connectivity index (χ0v) is 12.5. The van der Waals surface area contributed by atoms with Gasteiger partial charge in [0.2, 0.25) is 0 Å². The molecular weight excluding hydrogens is 261 g/mol. The standard InChI is InChI=1S/C19H24FN/c20-17-3-1-2-16-15(17)4-5-18(16)21-19-13-7-11-6-12(9-13)10-14(19)8-11/h1-3,11-14,18-19,21H,4-10H2. The number of benzene rings is 1. The molecular formula is C19H24FN. The highest BCUT2D eigenvalue weighted by atomic mass is 19.1. The zero-order valence-electron chi connectivity index (χ0n) is 12.5. The van der Waals surface area contributed by atoms with E-state index < -0.39 is 0 Å². The topological polar surface area (TPSA) is 12.0 Å². The van der Waals surface area contributed by atoms with E-state index in [0.717, 1.165) is 42.1 Å². The van der Waals surface area contributed by atoms with Crippen LogP contribution in [0.2, 0.25) is 0 Å². The minimum Gasteiger partial charge on any atom is -0.307 e. The van der Waals surface area contributed by atoms with Crippen molar-refractivity contribution in [3.63, 3.8) is 0 Å². The average molecular weight is 285 g/mol. The van der Waals surface area contributed by atoms with Crippen LogP contribution in [0.25, 0.3) is 0 Å². The molecule has 0 heterocycles. The van der Waals surface area contributed by atoms with Crippen LogP contribution in [0.4, 0.5) is 4.39 Å². The number of rotatable bonds is 2. The van der Waals surface area contributed by atoms with E-state index in [0.29, 0.717) is 12.1 Å². The lowest BCUT2D eigenvalue weighted by molar-refractivity contribution is -0.0177. The van der Waals surface area contributed by atoms with Gasteiger partial charge in [-0.3, -0.25) is 0 Å². The van der Waals surface area contributed by atoms with Crippen LogP contribution >= 0.6 is 0 Å². The Morgan fingerprint density at radius 1 is 0.952 bits per heavy atom. The van der Waals surface area contributed by atoms with Gasteiger partial charge in [-0.1, -0.05) is 12.1 Å². The second-order valence-electron chi connectivity index (χ2n) is 8.02. The van der Waals surface area contributed by atoms with Gasteiger partial charge >= 0.3 is 0 Å². The summed E-state index contributed by atoms with van der Waals surface area (Å²) in [6.45, 7) is 0. The minimum absolute atomic E-state index is 0.00174. The monoisotopic (exact) mass is 285 g/mol. The first-order valence-corrected chi connectivity index (χ1v) is 8.81. The quantitative estimate of drug-likeness (QED) is 0.857. The smallest absolute Gasteiger partial charge is 0.126 e. The molecule has 1 aromatic rings. The van der Waals surface area contributed by atoms with Gasteiger partial charge in [-0.15, -0.1) is 0 Å². The first-order valence-electron chi connectivity index (χ1n) is 8.81. The number of fused-ring (bicyclic) bond motifs is 1. The van der Waals surface area contributed by atoms with Gasteiger partial charge in [0.1, 0.15) is 5.82 Å². The lowest BCUT2D eigenvalue weighted by atomic mass is 9.54. The molecule has 2 heteroatoms. The summed E-state index contributed by atoms with van der Waals surface area (Å²) in [5.41, 5.74) is 2.21. The molecule has 5 aliphatic carbocycles. The third kappa shape index (κ3) is 1.91. The summed E-state index contributed by atoms with van der Waals surface area (Å²) in [4.78, 5) is 0. The summed E-state index contributed by atoms with van der Waals surface area (Å²) in [6.07, 6.45) is 9.31. The van der Waals surface area contributed by atoms with E-state index in [2.05, 4.69) is 11.4 Å². The summed E-state index contributed by atoms with van der Waals surface area (Å²) in [6, 6.07) is 6.74. The second kappa shape index (κ2) is 4.55. The molecule has 0 radical (unpaired) electrons. The normalized spacial score (nSPS) is 43.3. The Bertz CT molecular complexity index is 539. The Labute approximate surface area is 126 Å². The van der Waals surface area contributed by atoms with Crippen molar-refractivity contribution in [3.8, 4) is 0 Å². The molecule has 21 heavy (non-hydrogen) atoms. The Morgan fingerprint density at radius 2 is 1.67 bits per heavy atom. The van der Waals surface area contributed by atoms with Crippen LogP contribution in [0, 0.1) is 29.5 Å². The summed E-state index contributed by atoms with van der Waals surface area (Å²) in [7, 11) is 0. The first kappa shape index (κ1) is 12.6. The van der Waals surface area contributed by atoms with Crippen molar-refractivity contribution in [3.05, 3.63) is 35.1 Å². The van der Waals surface area contributed by atoms with E-state index in [-0.39, 0.29) is 5.82 Å². The van der Waals surface area contributed by atoms with Gasteiger partial charge in [0.05, 0.1) is 0 Å². The lowest BCUT2D eigenvalue weighted by Crippen LogP contribution is -2.55. The SMILES string of the molecule is Fc1cccc2c1CCC2NC1C2CC3CC(C2)CC1C3. The summed E-state index contributed by atoms with van der Waals surface area (Å²) >= 11 is 0. The van der Waals surface area contributed by atoms with Crippen molar-refractivity contribution in [2.45, 2.75) is 57.0 Å². The van der Waals surface area contributed by atoms with Gasteiger partial charge < -0.3 is 5.32 Å². The van der Waals surface area contributed by atoms with Gasteiger partial charge in [-0.25, -0.2) is 4.39 Å². The molecule has 1 nitrogen and oxygen atoms in total. The highest BCUT2D eigenvalue weighted by molar-refractivity contribution is 5.35. The third-order valence-corrected chi connectivity index (χ3v) is 6.83. The van der Waals surface area contributed by atoms with Crippen molar-refractivity contribution >= 4 is 0 Å². The molecule has 0 amide bonds. The molecule has 0 spiro atoms. The molecule has 5 aliphatic rings. The summed E-state index contributed by atoms with van der Waals surface area (Å²) in [5.74, 6) is 3.86. The molecule has 112 valence electrons. The van der Waals surface area contributed by atoms with Crippen molar-refractivity contribution in [1.82, 2.24) is 5.32 Å². The van der Waals surface area contributed by atoms with Crippen LogP contribution in [0.3, 0.4) is 0 Å².